The van der Waals surface area contributed by atoms with Crippen LogP contribution >= 0.6 is 11.6 Å². The van der Waals surface area contributed by atoms with Crippen molar-refractivity contribution in [2.75, 3.05) is 12.4 Å². The molecule has 1 nitrogen and oxygen atoms in total. The van der Waals surface area contributed by atoms with Crippen molar-refractivity contribution in [2.45, 2.75) is 31.0 Å². The monoisotopic (exact) mass is 201 g/mol. The van der Waals surface area contributed by atoms with E-state index in [1.165, 1.54) is 0 Å². The van der Waals surface area contributed by atoms with Crippen molar-refractivity contribution >= 4 is 11.6 Å². The van der Waals surface area contributed by atoms with E-state index in [0.29, 0.717) is 0 Å². The lowest BCUT2D eigenvalue weighted by Gasteiger charge is -2.41. The Morgan fingerprint density at radius 3 is 2.17 bits per heavy atom. The van der Waals surface area contributed by atoms with Gasteiger partial charge in [0, 0.05) is 11.4 Å². The van der Waals surface area contributed by atoms with E-state index >= 15 is 0 Å². The number of halogens is 4. The number of rotatable bonds is 3. The molecule has 1 rings (SSSR count). The largest absolute Gasteiger partial charge is 0.401 e. The maximum absolute atomic E-state index is 11.8. The van der Waals surface area contributed by atoms with Crippen LogP contribution in [0.3, 0.4) is 0 Å². The molecule has 1 aliphatic rings. The van der Waals surface area contributed by atoms with Gasteiger partial charge in [0.15, 0.2) is 0 Å². The van der Waals surface area contributed by atoms with Crippen LogP contribution in [0.15, 0.2) is 0 Å². The van der Waals surface area contributed by atoms with E-state index in [0.717, 1.165) is 19.3 Å². The predicted octanol–water partition coefficient (Wildman–Crippen LogP) is 2.30. The Morgan fingerprint density at radius 1 is 1.33 bits per heavy atom. The first-order chi connectivity index (χ1) is 5.47. The number of hydrogen-bond donors (Lipinski definition) is 1. The zero-order valence-electron chi connectivity index (χ0n) is 6.55. The molecule has 0 atom stereocenters. The Labute approximate surface area is 74.3 Å². The van der Waals surface area contributed by atoms with Crippen molar-refractivity contribution in [1.29, 1.82) is 0 Å². The lowest BCUT2D eigenvalue weighted by atomic mass is 9.78. The van der Waals surface area contributed by atoms with Crippen molar-refractivity contribution < 1.29 is 13.2 Å². The van der Waals surface area contributed by atoms with E-state index in [1.807, 2.05) is 0 Å². The standard InChI is InChI=1S/C7H11ClF3N/c8-4-6(2-1-3-6)12-5-7(9,10)11/h12H,1-5H2. The van der Waals surface area contributed by atoms with Crippen molar-refractivity contribution in [3.63, 3.8) is 0 Å². The number of hydrogen-bond acceptors (Lipinski definition) is 1. The zero-order chi connectivity index (χ0) is 9.24. The molecule has 0 aromatic heterocycles. The Hall–Kier alpha value is 0.0400. The van der Waals surface area contributed by atoms with Gasteiger partial charge < -0.3 is 5.32 Å². The van der Waals surface area contributed by atoms with E-state index in [4.69, 9.17) is 11.6 Å². The molecule has 0 aromatic carbocycles. The third-order valence-electron chi connectivity index (χ3n) is 2.23. The molecule has 72 valence electrons. The Morgan fingerprint density at radius 2 is 1.92 bits per heavy atom. The van der Waals surface area contributed by atoms with Crippen LogP contribution in [0.25, 0.3) is 0 Å². The predicted molar refractivity (Wildman–Crippen MR) is 41.4 cm³/mol. The van der Waals surface area contributed by atoms with Gasteiger partial charge in [-0.3, -0.25) is 0 Å². The minimum atomic E-state index is -4.13. The molecular weight excluding hydrogens is 191 g/mol. The van der Waals surface area contributed by atoms with Crippen molar-refractivity contribution in [3.05, 3.63) is 0 Å². The highest BCUT2D eigenvalue weighted by molar-refractivity contribution is 6.18. The maximum atomic E-state index is 11.8. The summed E-state index contributed by atoms with van der Waals surface area (Å²) in [4.78, 5) is 0. The Kier molecular flexibility index (Phi) is 2.88. The first-order valence-electron chi connectivity index (χ1n) is 3.85. The SMILES string of the molecule is FC(F)(F)CNC1(CCl)CCC1. The van der Waals surface area contributed by atoms with Crippen LogP contribution in [-0.2, 0) is 0 Å². The van der Waals surface area contributed by atoms with Crippen LogP contribution in [-0.4, -0.2) is 24.1 Å². The lowest BCUT2D eigenvalue weighted by Crippen LogP contribution is -2.55. The van der Waals surface area contributed by atoms with Gasteiger partial charge in [0.05, 0.1) is 6.54 Å². The van der Waals surface area contributed by atoms with Crippen molar-refractivity contribution in [3.8, 4) is 0 Å². The quantitative estimate of drug-likeness (QED) is 0.691. The van der Waals surface area contributed by atoms with Crippen molar-refractivity contribution in [2.24, 2.45) is 0 Å². The van der Waals surface area contributed by atoms with E-state index < -0.39 is 18.3 Å². The van der Waals surface area contributed by atoms with Crippen LogP contribution in [0.5, 0.6) is 0 Å². The lowest BCUT2D eigenvalue weighted by molar-refractivity contribution is -0.130. The van der Waals surface area contributed by atoms with Crippen LogP contribution in [0.4, 0.5) is 13.2 Å². The van der Waals surface area contributed by atoms with Gasteiger partial charge in [0.2, 0.25) is 0 Å². The molecule has 1 aliphatic carbocycles. The average molecular weight is 202 g/mol. The minimum absolute atomic E-state index is 0.267. The first kappa shape index (κ1) is 10.1. The average Bonchev–Trinajstić information content (AvgIpc) is 1.84. The molecule has 0 spiro atoms. The fourth-order valence-corrected chi connectivity index (χ4v) is 1.61. The van der Waals surface area contributed by atoms with Gasteiger partial charge in [-0.1, -0.05) is 0 Å². The highest BCUT2D eigenvalue weighted by atomic mass is 35.5. The number of nitrogens with one attached hydrogen (secondary N) is 1. The molecule has 0 amide bonds. The molecule has 0 unspecified atom stereocenters. The summed E-state index contributed by atoms with van der Waals surface area (Å²) in [5.74, 6) is 0.267. The molecular formula is C7H11ClF3N. The molecule has 1 N–H and O–H groups in total. The number of alkyl halides is 4. The fourth-order valence-electron chi connectivity index (χ4n) is 1.25. The molecule has 0 radical (unpaired) electrons. The molecule has 0 heterocycles. The second-order valence-electron chi connectivity index (χ2n) is 3.24. The van der Waals surface area contributed by atoms with Crippen LogP contribution in [0.1, 0.15) is 19.3 Å². The van der Waals surface area contributed by atoms with Crippen LogP contribution in [0.2, 0.25) is 0 Å². The molecule has 0 aromatic rings. The van der Waals surface area contributed by atoms with Gasteiger partial charge in [-0.2, -0.15) is 13.2 Å². The Balaban J connectivity index is 2.30. The Bertz CT molecular complexity index is 148. The smallest absolute Gasteiger partial charge is 0.302 e. The highest BCUT2D eigenvalue weighted by Gasteiger charge is 2.39. The maximum Gasteiger partial charge on any atom is 0.401 e. The van der Waals surface area contributed by atoms with Crippen LogP contribution in [0, 0.1) is 0 Å². The summed E-state index contributed by atoms with van der Waals surface area (Å²) >= 11 is 5.56. The van der Waals surface area contributed by atoms with Gasteiger partial charge in [0.25, 0.3) is 0 Å². The molecule has 1 saturated carbocycles. The normalized spacial score (nSPS) is 22.0. The van der Waals surface area contributed by atoms with Crippen molar-refractivity contribution in [1.82, 2.24) is 5.32 Å². The molecule has 0 aliphatic heterocycles. The van der Waals surface area contributed by atoms with E-state index in [-0.39, 0.29) is 5.88 Å². The zero-order valence-corrected chi connectivity index (χ0v) is 7.30. The summed E-state index contributed by atoms with van der Waals surface area (Å²) < 4.78 is 35.3. The van der Waals surface area contributed by atoms with E-state index in [2.05, 4.69) is 5.32 Å². The van der Waals surface area contributed by atoms with E-state index in [9.17, 15) is 13.2 Å². The highest BCUT2D eigenvalue weighted by Crippen LogP contribution is 2.33. The van der Waals surface area contributed by atoms with Gasteiger partial charge in [-0.15, -0.1) is 11.6 Å². The minimum Gasteiger partial charge on any atom is -0.302 e. The summed E-state index contributed by atoms with van der Waals surface area (Å²) in [6.45, 7) is -0.931. The summed E-state index contributed by atoms with van der Waals surface area (Å²) in [5, 5.41) is 2.47. The molecule has 0 saturated heterocycles. The topological polar surface area (TPSA) is 12.0 Å². The molecule has 12 heavy (non-hydrogen) atoms. The third-order valence-corrected chi connectivity index (χ3v) is 2.74. The summed E-state index contributed by atoms with van der Waals surface area (Å²) in [6.07, 6.45) is -1.65. The molecule has 5 heteroatoms. The third kappa shape index (κ3) is 2.52. The van der Waals surface area contributed by atoms with E-state index in [1.54, 1.807) is 0 Å². The summed E-state index contributed by atoms with van der Waals surface area (Å²) in [6, 6.07) is 0. The summed E-state index contributed by atoms with van der Waals surface area (Å²) in [7, 11) is 0. The fraction of sp³-hybridized carbons (Fsp3) is 1.00. The second-order valence-corrected chi connectivity index (χ2v) is 3.50. The van der Waals surface area contributed by atoms with Gasteiger partial charge in [-0.05, 0) is 19.3 Å². The summed E-state index contributed by atoms with van der Waals surface area (Å²) in [5.41, 5.74) is -0.433. The van der Waals surface area contributed by atoms with Crippen LogP contribution < -0.4 is 5.32 Å². The van der Waals surface area contributed by atoms with Gasteiger partial charge in [0.1, 0.15) is 0 Å². The van der Waals surface area contributed by atoms with Gasteiger partial charge >= 0.3 is 6.18 Å². The molecule has 1 fully saturated rings. The molecule has 0 bridgehead atoms. The van der Waals surface area contributed by atoms with Gasteiger partial charge in [-0.25, -0.2) is 0 Å². The second kappa shape index (κ2) is 3.42. The first-order valence-corrected chi connectivity index (χ1v) is 4.39.